The Morgan fingerprint density at radius 1 is 1.73 bits per heavy atom. The lowest BCUT2D eigenvalue weighted by Gasteiger charge is -2.39. The topological polar surface area (TPSA) is 41.5 Å². The monoisotopic (exact) mass is 163 g/mol. The first-order valence-electron chi connectivity index (χ1n) is 3.75. The van der Waals surface area contributed by atoms with Crippen molar-refractivity contribution in [1.82, 2.24) is 5.32 Å². The molecule has 11 heavy (non-hydrogen) atoms. The standard InChI is InChI=1S/C7H14FNO2/c1-7(4-9-5-7)11-3-6(10)2-8/h6,9-10H,2-5H2,1H3. The van der Waals surface area contributed by atoms with Crippen LogP contribution in [-0.2, 0) is 4.74 Å². The zero-order valence-corrected chi connectivity index (χ0v) is 6.64. The van der Waals surface area contributed by atoms with Crippen LogP contribution < -0.4 is 5.32 Å². The summed E-state index contributed by atoms with van der Waals surface area (Å²) in [5, 5.41) is 11.9. The van der Waals surface area contributed by atoms with E-state index in [1.165, 1.54) is 0 Å². The highest BCUT2D eigenvalue weighted by molar-refractivity contribution is 4.90. The SMILES string of the molecule is CC1(OCC(O)CF)CNC1. The molecule has 3 nitrogen and oxygen atoms in total. The minimum atomic E-state index is -0.965. The molecule has 1 aliphatic heterocycles. The van der Waals surface area contributed by atoms with E-state index < -0.39 is 12.8 Å². The molecule has 4 heteroatoms. The van der Waals surface area contributed by atoms with Gasteiger partial charge in [0.15, 0.2) is 0 Å². The van der Waals surface area contributed by atoms with Crippen LogP contribution in [0.2, 0.25) is 0 Å². The lowest BCUT2D eigenvalue weighted by atomic mass is 10.0. The van der Waals surface area contributed by atoms with Gasteiger partial charge in [-0.2, -0.15) is 0 Å². The predicted octanol–water partition coefficient (Wildman–Crippen LogP) is -0.305. The van der Waals surface area contributed by atoms with Crippen molar-refractivity contribution in [3.63, 3.8) is 0 Å². The number of hydrogen-bond acceptors (Lipinski definition) is 3. The Hall–Kier alpha value is -0.190. The van der Waals surface area contributed by atoms with Gasteiger partial charge < -0.3 is 15.2 Å². The van der Waals surface area contributed by atoms with E-state index >= 15 is 0 Å². The van der Waals surface area contributed by atoms with Crippen molar-refractivity contribution in [2.75, 3.05) is 26.4 Å². The summed E-state index contributed by atoms with van der Waals surface area (Å²) in [5.74, 6) is 0. The molecule has 2 N–H and O–H groups in total. The van der Waals surface area contributed by atoms with Gasteiger partial charge in [0.2, 0.25) is 0 Å². The fourth-order valence-electron chi connectivity index (χ4n) is 0.921. The largest absolute Gasteiger partial charge is 0.388 e. The van der Waals surface area contributed by atoms with Crippen LogP contribution in [0.4, 0.5) is 4.39 Å². The van der Waals surface area contributed by atoms with Crippen molar-refractivity contribution in [3.05, 3.63) is 0 Å². The fraction of sp³-hybridized carbons (Fsp3) is 1.00. The van der Waals surface area contributed by atoms with Gasteiger partial charge in [-0.1, -0.05) is 0 Å². The molecule has 1 saturated heterocycles. The molecule has 0 aromatic heterocycles. The minimum absolute atomic E-state index is 0.0919. The van der Waals surface area contributed by atoms with E-state index in [1.54, 1.807) is 0 Å². The molecule has 0 radical (unpaired) electrons. The molecular weight excluding hydrogens is 149 g/mol. The summed E-state index contributed by atoms with van der Waals surface area (Å²) in [5.41, 5.74) is -0.184. The second-order valence-corrected chi connectivity index (χ2v) is 3.17. The van der Waals surface area contributed by atoms with Crippen molar-refractivity contribution in [1.29, 1.82) is 0 Å². The van der Waals surface area contributed by atoms with Crippen molar-refractivity contribution >= 4 is 0 Å². The van der Waals surface area contributed by atoms with Gasteiger partial charge in [-0.05, 0) is 6.92 Å². The lowest BCUT2D eigenvalue weighted by molar-refractivity contribution is -0.0986. The van der Waals surface area contributed by atoms with E-state index in [-0.39, 0.29) is 12.2 Å². The van der Waals surface area contributed by atoms with Crippen molar-refractivity contribution in [2.24, 2.45) is 0 Å². The van der Waals surface area contributed by atoms with E-state index in [0.717, 1.165) is 13.1 Å². The minimum Gasteiger partial charge on any atom is -0.388 e. The number of rotatable bonds is 4. The number of alkyl halides is 1. The summed E-state index contributed by atoms with van der Waals surface area (Å²) in [6.07, 6.45) is -0.965. The third-order valence-corrected chi connectivity index (χ3v) is 1.80. The molecule has 1 aliphatic rings. The highest BCUT2D eigenvalue weighted by atomic mass is 19.1. The Morgan fingerprint density at radius 3 is 2.73 bits per heavy atom. The summed E-state index contributed by atoms with van der Waals surface area (Å²) in [6, 6.07) is 0. The number of hydrogen-bond donors (Lipinski definition) is 2. The average molecular weight is 163 g/mol. The molecular formula is C7H14FNO2. The van der Waals surface area contributed by atoms with Gasteiger partial charge in [-0.3, -0.25) is 0 Å². The fourth-order valence-corrected chi connectivity index (χ4v) is 0.921. The van der Waals surface area contributed by atoms with Crippen LogP contribution in [0.25, 0.3) is 0 Å². The number of aliphatic hydroxyl groups excluding tert-OH is 1. The van der Waals surface area contributed by atoms with Crippen LogP contribution in [0, 0.1) is 0 Å². The predicted molar refractivity (Wildman–Crippen MR) is 39.2 cm³/mol. The third-order valence-electron chi connectivity index (χ3n) is 1.80. The Balaban J connectivity index is 2.11. The third kappa shape index (κ3) is 2.39. The summed E-state index contributed by atoms with van der Waals surface area (Å²) in [6.45, 7) is 2.87. The first-order chi connectivity index (χ1) is 5.16. The molecule has 0 amide bonds. The van der Waals surface area contributed by atoms with E-state index in [2.05, 4.69) is 5.32 Å². The maximum Gasteiger partial charge on any atom is 0.118 e. The van der Waals surface area contributed by atoms with E-state index in [9.17, 15) is 4.39 Å². The summed E-state index contributed by atoms with van der Waals surface area (Å²) >= 11 is 0. The number of ether oxygens (including phenoxy) is 1. The molecule has 1 unspecified atom stereocenters. The van der Waals surface area contributed by atoms with Crippen LogP contribution >= 0.6 is 0 Å². The maximum absolute atomic E-state index is 11.7. The number of aliphatic hydroxyl groups is 1. The van der Waals surface area contributed by atoms with Crippen LogP contribution in [0.1, 0.15) is 6.92 Å². The van der Waals surface area contributed by atoms with Crippen LogP contribution in [0.5, 0.6) is 0 Å². The second kappa shape index (κ2) is 3.47. The zero-order chi connectivity index (χ0) is 8.32. The molecule has 0 aromatic carbocycles. The smallest absolute Gasteiger partial charge is 0.118 e. The van der Waals surface area contributed by atoms with Gasteiger partial charge in [0.1, 0.15) is 12.8 Å². The zero-order valence-electron chi connectivity index (χ0n) is 6.64. The number of nitrogens with one attached hydrogen (secondary N) is 1. The van der Waals surface area contributed by atoms with Gasteiger partial charge in [-0.15, -0.1) is 0 Å². The van der Waals surface area contributed by atoms with Gasteiger partial charge >= 0.3 is 0 Å². The molecule has 0 bridgehead atoms. The highest BCUT2D eigenvalue weighted by Crippen LogP contribution is 2.15. The molecule has 1 heterocycles. The molecule has 1 atom stereocenters. The quantitative estimate of drug-likeness (QED) is 0.597. The average Bonchev–Trinajstić information content (AvgIpc) is 1.96. The van der Waals surface area contributed by atoms with Crippen LogP contribution in [0.15, 0.2) is 0 Å². The Bertz CT molecular complexity index is 128. The van der Waals surface area contributed by atoms with E-state index in [4.69, 9.17) is 9.84 Å². The van der Waals surface area contributed by atoms with Crippen molar-refractivity contribution in [3.8, 4) is 0 Å². The van der Waals surface area contributed by atoms with Gasteiger partial charge in [-0.25, -0.2) is 4.39 Å². The van der Waals surface area contributed by atoms with Gasteiger partial charge in [0, 0.05) is 13.1 Å². The lowest BCUT2D eigenvalue weighted by Crippen LogP contribution is -2.59. The highest BCUT2D eigenvalue weighted by Gasteiger charge is 2.32. The van der Waals surface area contributed by atoms with Crippen LogP contribution in [0.3, 0.4) is 0 Å². The normalized spacial score (nSPS) is 24.3. The first-order valence-corrected chi connectivity index (χ1v) is 3.75. The molecule has 0 aromatic rings. The van der Waals surface area contributed by atoms with Gasteiger partial charge in [0.05, 0.1) is 12.2 Å². The number of halogens is 1. The molecule has 1 fully saturated rings. The first kappa shape index (κ1) is 8.90. The van der Waals surface area contributed by atoms with E-state index in [0.29, 0.717) is 0 Å². The van der Waals surface area contributed by atoms with Crippen LogP contribution in [-0.4, -0.2) is 43.2 Å². The molecule has 66 valence electrons. The summed E-state index contributed by atoms with van der Waals surface area (Å²) in [7, 11) is 0. The maximum atomic E-state index is 11.7. The van der Waals surface area contributed by atoms with Gasteiger partial charge in [0.25, 0.3) is 0 Å². The Kier molecular flexibility index (Phi) is 2.81. The molecule has 0 aliphatic carbocycles. The molecule has 0 saturated carbocycles. The Labute approximate surface area is 65.5 Å². The summed E-state index contributed by atoms with van der Waals surface area (Å²) in [4.78, 5) is 0. The molecule has 1 rings (SSSR count). The van der Waals surface area contributed by atoms with Crippen molar-refractivity contribution < 1.29 is 14.2 Å². The van der Waals surface area contributed by atoms with E-state index in [1.807, 2.05) is 6.92 Å². The van der Waals surface area contributed by atoms with Crippen molar-refractivity contribution in [2.45, 2.75) is 18.6 Å². The second-order valence-electron chi connectivity index (χ2n) is 3.17. The summed E-state index contributed by atoms with van der Waals surface area (Å²) < 4.78 is 17.0. The Morgan fingerprint density at radius 2 is 2.36 bits per heavy atom. The molecule has 0 spiro atoms.